The number of aliphatic carboxylic acids is 1. The standard InChI is InChI=1S/C74H145NO8/c1-6-8-10-12-14-16-18-20-22-24-26-27-28-29-30-31-32-33-34-35-36-37-38-39-40-41-42-43-44-45-47-49-51-53-55-57-59-61-63-65-72(77)83-70(69-82-74(73(78)79)80-67-66-75(3,4)5)68-81-71(76)64-62-60-58-56-54-52-50-48-46-25-23-21-19-17-15-13-11-9-7-2/h70,74H,6-69H2,1-5H3. The number of carbonyl (C=O) groups is 3. The summed E-state index contributed by atoms with van der Waals surface area (Å²) in [6.07, 6.45) is 76.5. The zero-order chi connectivity index (χ0) is 60.5. The Morgan fingerprint density at radius 1 is 0.313 bits per heavy atom. The molecule has 0 aromatic rings. The first-order chi connectivity index (χ1) is 40.6. The Balaban J connectivity index is 3.91. The molecule has 0 aliphatic rings. The van der Waals surface area contributed by atoms with Gasteiger partial charge >= 0.3 is 11.9 Å². The number of esters is 2. The summed E-state index contributed by atoms with van der Waals surface area (Å²) in [5.41, 5.74) is 0. The molecule has 0 saturated heterocycles. The van der Waals surface area contributed by atoms with E-state index in [1.165, 1.54) is 334 Å². The Morgan fingerprint density at radius 3 is 0.771 bits per heavy atom. The second kappa shape index (κ2) is 66.2. The van der Waals surface area contributed by atoms with Gasteiger partial charge in [-0.25, -0.2) is 0 Å². The average Bonchev–Trinajstić information content (AvgIpc) is 3.46. The van der Waals surface area contributed by atoms with Crippen molar-refractivity contribution in [2.24, 2.45) is 0 Å². The van der Waals surface area contributed by atoms with Crippen LogP contribution in [0.4, 0.5) is 0 Å². The maximum absolute atomic E-state index is 12.9. The third-order valence-corrected chi connectivity index (χ3v) is 17.4. The molecule has 0 aliphatic carbocycles. The van der Waals surface area contributed by atoms with Crippen molar-refractivity contribution in [3.63, 3.8) is 0 Å². The largest absolute Gasteiger partial charge is 0.545 e. The Hall–Kier alpha value is -1.71. The first-order valence-corrected chi connectivity index (χ1v) is 37.2. The van der Waals surface area contributed by atoms with Crippen molar-refractivity contribution < 1.29 is 42.9 Å². The second-order valence-corrected chi connectivity index (χ2v) is 27.0. The van der Waals surface area contributed by atoms with Crippen LogP contribution in [0.1, 0.15) is 399 Å². The van der Waals surface area contributed by atoms with Crippen molar-refractivity contribution in [2.75, 3.05) is 47.5 Å². The van der Waals surface area contributed by atoms with Crippen LogP contribution in [-0.2, 0) is 33.3 Å². The van der Waals surface area contributed by atoms with E-state index in [1.54, 1.807) is 0 Å². The van der Waals surface area contributed by atoms with Crippen LogP contribution in [0.25, 0.3) is 0 Å². The fraction of sp³-hybridized carbons (Fsp3) is 0.959. The molecular weight excluding hydrogens is 1030 g/mol. The summed E-state index contributed by atoms with van der Waals surface area (Å²) >= 11 is 0. The second-order valence-electron chi connectivity index (χ2n) is 27.0. The number of likely N-dealkylation sites (N-methyl/N-ethyl adjacent to an activating group) is 1. The average molecular weight is 1180 g/mol. The van der Waals surface area contributed by atoms with E-state index >= 15 is 0 Å². The number of carboxylic acids is 1. The van der Waals surface area contributed by atoms with Crippen LogP contribution < -0.4 is 5.11 Å². The highest BCUT2D eigenvalue weighted by Gasteiger charge is 2.22. The van der Waals surface area contributed by atoms with E-state index in [4.69, 9.17) is 18.9 Å². The lowest BCUT2D eigenvalue weighted by Crippen LogP contribution is -2.44. The van der Waals surface area contributed by atoms with Crippen molar-refractivity contribution in [1.82, 2.24) is 0 Å². The molecule has 0 spiro atoms. The highest BCUT2D eigenvalue weighted by atomic mass is 16.7. The molecule has 0 radical (unpaired) electrons. The number of nitrogens with zero attached hydrogens (tertiary/aromatic N) is 1. The smallest absolute Gasteiger partial charge is 0.306 e. The predicted octanol–water partition coefficient (Wildman–Crippen LogP) is 21.7. The number of hydrogen-bond acceptors (Lipinski definition) is 8. The van der Waals surface area contributed by atoms with Gasteiger partial charge in [-0.2, -0.15) is 0 Å². The van der Waals surface area contributed by atoms with Gasteiger partial charge in [0, 0.05) is 12.8 Å². The Kier molecular flexibility index (Phi) is 64.9. The van der Waals surface area contributed by atoms with Gasteiger partial charge in [-0.1, -0.05) is 373 Å². The van der Waals surface area contributed by atoms with Crippen molar-refractivity contribution in [3.8, 4) is 0 Å². The third-order valence-electron chi connectivity index (χ3n) is 17.4. The maximum atomic E-state index is 12.9. The molecular formula is C74H145NO8. The minimum absolute atomic E-state index is 0.154. The lowest BCUT2D eigenvalue weighted by atomic mass is 10.0. The molecule has 0 rings (SSSR count). The zero-order valence-corrected chi connectivity index (χ0v) is 56.6. The summed E-state index contributed by atoms with van der Waals surface area (Å²) in [5.74, 6) is -2.24. The fourth-order valence-corrected chi connectivity index (χ4v) is 11.7. The van der Waals surface area contributed by atoms with Gasteiger partial charge < -0.3 is 33.3 Å². The number of unbranched alkanes of at least 4 members (excludes halogenated alkanes) is 56. The predicted molar refractivity (Wildman–Crippen MR) is 353 cm³/mol. The molecule has 2 atom stereocenters. The van der Waals surface area contributed by atoms with Crippen LogP contribution >= 0.6 is 0 Å². The highest BCUT2D eigenvalue weighted by molar-refractivity contribution is 5.70. The Labute approximate surface area is 517 Å². The van der Waals surface area contributed by atoms with E-state index in [2.05, 4.69) is 13.8 Å². The van der Waals surface area contributed by atoms with Gasteiger partial charge in [0.1, 0.15) is 13.2 Å². The molecule has 494 valence electrons. The van der Waals surface area contributed by atoms with Crippen molar-refractivity contribution >= 4 is 17.9 Å². The lowest BCUT2D eigenvalue weighted by Gasteiger charge is -2.26. The molecule has 0 bridgehead atoms. The molecule has 0 aliphatic heterocycles. The van der Waals surface area contributed by atoms with Crippen molar-refractivity contribution in [3.05, 3.63) is 0 Å². The van der Waals surface area contributed by atoms with Crippen LogP contribution in [0.5, 0.6) is 0 Å². The monoisotopic (exact) mass is 1180 g/mol. The molecule has 83 heavy (non-hydrogen) atoms. The van der Waals surface area contributed by atoms with Crippen LogP contribution in [0, 0.1) is 0 Å². The number of hydrogen-bond donors (Lipinski definition) is 0. The van der Waals surface area contributed by atoms with Gasteiger partial charge in [-0.3, -0.25) is 9.59 Å². The van der Waals surface area contributed by atoms with E-state index in [0.29, 0.717) is 17.4 Å². The zero-order valence-electron chi connectivity index (χ0n) is 56.6. The van der Waals surface area contributed by atoms with Gasteiger partial charge in [0.25, 0.3) is 0 Å². The molecule has 9 heteroatoms. The normalized spacial score (nSPS) is 12.5. The van der Waals surface area contributed by atoms with Crippen LogP contribution in [0.2, 0.25) is 0 Å². The van der Waals surface area contributed by atoms with Gasteiger partial charge in [0.15, 0.2) is 12.4 Å². The topological polar surface area (TPSA) is 111 Å². The molecule has 0 N–H and O–H groups in total. The molecule has 9 nitrogen and oxygen atoms in total. The van der Waals surface area contributed by atoms with E-state index in [1.807, 2.05) is 21.1 Å². The summed E-state index contributed by atoms with van der Waals surface area (Å²) in [6.45, 7) is 4.84. The molecule has 0 aromatic heterocycles. The molecule has 2 unspecified atom stereocenters. The van der Waals surface area contributed by atoms with Crippen molar-refractivity contribution in [1.29, 1.82) is 0 Å². The van der Waals surface area contributed by atoms with Gasteiger partial charge in [-0.05, 0) is 12.8 Å². The molecule has 0 amide bonds. The first kappa shape index (κ1) is 81.3. The Bertz CT molecular complexity index is 1320. The summed E-state index contributed by atoms with van der Waals surface area (Å²) in [6, 6.07) is 0. The first-order valence-electron chi connectivity index (χ1n) is 37.2. The third kappa shape index (κ3) is 67.7. The summed E-state index contributed by atoms with van der Waals surface area (Å²) < 4.78 is 22.8. The number of quaternary nitrogens is 1. The Morgan fingerprint density at radius 2 is 0.542 bits per heavy atom. The van der Waals surface area contributed by atoms with Gasteiger partial charge in [-0.15, -0.1) is 0 Å². The number of rotatable bonds is 71. The summed E-state index contributed by atoms with van der Waals surface area (Å²) in [4.78, 5) is 37.5. The van der Waals surface area contributed by atoms with E-state index < -0.39 is 24.3 Å². The SMILES string of the molecule is CCCCCCCCCCCCCCCCCCCCCCCCCCCCCCCCCCCCCCCCCC(=O)OC(COC(=O)CCCCCCCCCCCCCCCCCCCCC)COC(OCC[N+](C)(C)C)C(=O)[O-]. The molecule has 0 saturated carbocycles. The van der Waals surface area contributed by atoms with Crippen LogP contribution in [0.15, 0.2) is 0 Å². The highest BCUT2D eigenvalue weighted by Crippen LogP contribution is 2.20. The maximum Gasteiger partial charge on any atom is 0.306 e. The van der Waals surface area contributed by atoms with Crippen LogP contribution in [0.3, 0.4) is 0 Å². The number of carbonyl (C=O) groups excluding carboxylic acids is 3. The van der Waals surface area contributed by atoms with Gasteiger partial charge in [0.05, 0.1) is 40.3 Å². The number of ether oxygens (including phenoxy) is 4. The lowest BCUT2D eigenvalue weighted by molar-refractivity contribution is -0.870. The van der Waals surface area contributed by atoms with Crippen molar-refractivity contribution in [2.45, 2.75) is 411 Å². The van der Waals surface area contributed by atoms with Gasteiger partial charge in [0.2, 0.25) is 0 Å². The summed E-state index contributed by atoms with van der Waals surface area (Å²) in [7, 11) is 5.95. The molecule has 0 heterocycles. The van der Waals surface area contributed by atoms with E-state index in [0.717, 1.165) is 38.5 Å². The quantitative estimate of drug-likeness (QED) is 0.0256. The fourth-order valence-electron chi connectivity index (χ4n) is 11.7. The van der Waals surface area contributed by atoms with E-state index in [9.17, 15) is 19.5 Å². The minimum atomic E-state index is -1.62. The number of carboxylic acid groups (broad SMARTS) is 1. The van der Waals surface area contributed by atoms with E-state index in [-0.39, 0.29) is 32.2 Å². The van der Waals surface area contributed by atoms with Crippen LogP contribution in [-0.4, -0.2) is 82.3 Å². The summed E-state index contributed by atoms with van der Waals surface area (Å²) in [5, 5.41) is 11.8. The molecule has 0 fully saturated rings. The minimum Gasteiger partial charge on any atom is -0.545 e. The molecule has 0 aromatic carbocycles.